The predicted octanol–water partition coefficient (Wildman–Crippen LogP) is 0.999. The zero-order valence-corrected chi connectivity index (χ0v) is 9.18. The van der Waals surface area contributed by atoms with Gasteiger partial charge in [0.05, 0.1) is 6.04 Å². The minimum atomic E-state index is 0. The van der Waals surface area contributed by atoms with E-state index in [1.807, 2.05) is 0 Å². The Bertz CT molecular complexity index is 143. The van der Waals surface area contributed by atoms with Crippen molar-refractivity contribution in [2.45, 2.75) is 18.9 Å². The van der Waals surface area contributed by atoms with Crippen LogP contribution in [0.1, 0.15) is 12.8 Å². The molecule has 0 spiro atoms. The molecule has 1 atom stereocenters. The van der Waals surface area contributed by atoms with Gasteiger partial charge in [0.2, 0.25) is 0 Å². The Morgan fingerprint density at radius 1 is 1.50 bits per heavy atom. The smallest absolute Gasteiger partial charge is 0.154 e. The highest BCUT2D eigenvalue weighted by molar-refractivity contribution is 8.14. The summed E-state index contributed by atoms with van der Waals surface area (Å²) in [6.07, 6.45) is 2.15. The highest BCUT2D eigenvalue weighted by Crippen LogP contribution is 2.17. The van der Waals surface area contributed by atoms with E-state index in [4.69, 9.17) is 11.5 Å². The van der Waals surface area contributed by atoms with E-state index in [1.54, 1.807) is 11.8 Å². The molecule has 0 aliphatic carbocycles. The SMILES string of the molecule is Cl.Cl.NCCCC1CSC(N)=N1. The number of thioether (sulfide) groups is 1. The van der Waals surface area contributed by atoms with Gasteiger partial charge in [-0.1, -0.05) is 11.8 Å². The highest BCUT2D eigenvalue weighted by atomic mass is 35.5. The number of aliphatic imine (C=N–C) groups is 1. The quantitative estimate of drug-likeness (QED) is 0.762. The standard InChI is InChI=1S/C6H13N3S.2ClH/c7-3-1-2-5-4-10-6(8)9-5;;/h5H,1-4,7H2,(H2,8,9);2*1H. The van der Waals surface area contributed by atoms with Crippen molar-refractivity contribution in [1.29, 1.82) is 0 Å². The Hall–Kier alpha value is 0.360. The Morgan fingerprint density at radius 3 is 2.58 bits per heavy atom. The summed E-state index contributed by atoms with van der Waals surface area (Å²) in [5.74, 6) is 1.05. The van der Waals surface area contributed by atoms with Crippen molar-refractivity contribution in [3.05, 3.63) is 0 Å². The fourth-order valence-corrected chi connectivity index (χ4v) is 1.77. The second-order valence-corrected chi connectivity index (χ2v) is 3.40. The van der Waals surface area contributed by atoms with E-state index in [1.165, 1.54) is 0 Å². The fraction of sp³-hybridized carbons (Fsp3) is 0.833. The molecule has 0 bridgehead atoms. The number of nitrogens with zero attached hydrogens (tertiary/aromatic N) is 1. The summed E-state index contributed by atoms with van der Waals surface area (Å²) < 4.78 is 0. The molecule has 0 radical (unpaired) electrons. The summed E-state index contributed by atoms with van der Waals surface area (Å²) in [7, 11) is 0. The van der Waals surface area contributed by atoms with Gasteiger partial charge in [-0.25, -0.2) is 0 Å². The van der Waals surface area contributed by atoms with Gasteiger partial charge in [0, 0.05) is 5.75 Å². The number of nitrogens with two attached hydrogens (primary N) is 2. The maximum absolute atomic E-state index is 5.48. The molecule has 0 saturated carbocycles. The first-order valence-electron chi connectivity index (χ1n) is 3.49. The summed E-state index contributed by atoms with van der Waals surface area (Å²) in [5.41, 5.74) is 10.8. The summed E-state index contributed by atoms with van der Waals surface area (Å²) >= 11 is 1.64. The number of rotatable bonds is 3. The molecule has 0 aromatic rings. The molecule has 1 rings (SSSR count). The van der Waals surface area contributed by atoms with Gasteiger partial charge in [-0.15, -0.1) is 24.8 Å². The van der Waals surface area contributed by atoms with Crippen LogP contribution in [0.15, 0.2) is 4.99 Å². The molecule has 1 aliphatic heterocycles. The lowest BCUT2D eigenvalue weighted by atomic mass is 10.2. The van der Waals surface area contributed by atoms with Gasteiger partial charge >= 0.3 is 0 Å². The zero-order chi connectivity index (χ0) is 7.40. The molecule has 1 aliphatic rings. The summed E-state index contributed by atoms with van der Waals surface area (Å²) in [4.78, 5) is 4.23. The van der Waals surface area contributed by atoms with Crippen molar-refractivity contribution in [3.8, 4) is 0 Å². The lowest BCUT2D eigenvalue weighted by Gasteiger charge is -2.01. The predicted molar refractivity (Wildman–Crippen MR) is 60.7 cm³/mol. The van der Waals surface area contributed by atoms with Gasteiger partial charge in [0.25, 0.3) is 0 Å². The van der Waals surface area contributed by atoms with Crippen LogP contribution >= 0.6 is 36.6 Å². The largest absolute Gasteiger partial charge is 0.379 e. The molecule has 1 unspecified atom stereocenters. The van der Waals surface area contributed by atoms with Gasteiger partial charge in [-0.2, -0.15) is 0 Å². The van der Waals surface area contributed by atoms with E-state index < -0.39 is 0 Å². The van der Waals surface area contributed by atoms with E-state index >= 15 is 0 Å². The van der Waals surface area contributed by atoms with E-state index in [-0.39, 0.29) is 24.8 Å². The normalized spacial score (nSPS) is 20.8. The highest BCUT2D eigenvalue weighted by Gasteiger charge is 2.14. The second kappa shape index (κ2) is 7.98. The minimum absolute atomic E-state index is 0. The molecule has 12 heavy (non-hydrogen) atoms. The van der Waals surface area contributed by atoms with E-state index in [9.17, 15) is 0 Å². The van der Waals surface area contributed by atoms with Crippen LogP contribution < -0.4 is 11.5 Å². The van der Waals surface area contributed by atoms with E-state index in [0.717, 1.165) is 30.3 Å². The van der Waals surface area contributed by atoms with Crippen LogP contribution in [0.2, 0.25) is 0 Å². The second-order valence-electron chi connectivity index (χ2n) is 2.36. The first-order chi connectivity index (χ1) is 4.83. The molecular formula is C6H15Cl2N3S. The topological polar surface area (TPSA) is 64.4 Å². The van der Waals surface area contributed by atoms with Crippen LogP contribution in [0, 0.1) is 0 Å². The zero-order valence-electron chi connectivity index (χ0n) is 6.73. The molecule has 3 nitrogen and oxygen atoms in total. The van der Waals surface area contributed by atoms with Crippen LogP contribution in [-0.4, -0.2) is 23.5 Å². The third-order valence-electron chi connectivity index (χ3n) is 1.47. The molecule has 0 amide bonds. The number of halogens is 2. The molecule has 6 heteroatoms. The van der Waals surface area contributed by atoms with Crippen molar-refractivity contribution in [1.82, 2.24) is 0 Å². The third kappa shape index (κ3) is 5.09. The average molecular weight is 232 g/mol. The van der Waals surface area contributed by atoms with Crippen molar-refractivity contribution in [3.63, 3.8) is 0 Å². The van der Waals surface area contributed by atoms with E-state index in [0.29, 0.717) is 6.04 Å². The molecule has 74 valence electrons. The lowest BCUT2D eigenvalue weighted by Crippen LogP contribution is -2.08. The Balaban J connectivity index is 0. The van der Waals surface area contributed by atoms with Crippen LogP contribution in [0.25, 0.3) is 0 Å². The van der Waals surface area contributed by atoms with Crippen molar-refractivity contribution in [2.75, 3.05) is 12.3 Å². The fourth-order valence-electron chi connectivity index (χ4n) is 0.937. The van der Waals surface area contributed by atoms with Gasteiger partial charge in [0.15, 0.2) is 5.17 Å². The van der Waals surface area contributed by atoms with Crippen LogP contribution in [0.5, 0.6) is 0 Å². The first-order valence-corrected chi connectivity index (χ1v) is 4.47. The van der Waals surface area contributed by atoms with Gasteiger partial charge in [0.1, 0.15) is 0 Å². The number of amidine groups is 1. The van der Waals surface area contributed by atoms with Crippen LogP contribution in [0.4, 0.5) is 0 Å². The number of hydrogen-bond donors (Lipinski definition) is 2. The van der Waals surface area contributed by atoms with Gasteiger partial charge < -0.3 is 11.5 Å². The van der Waals surface area contributed by atoms with E-state index in [2.05, 4.69) is 4.99 Å². The van der Waals surface area contributed by atoms with Crippen molar-refractivity contribution < 1.29 is 0 Å². The molecule has 0 aromatic carbocycles. The lowest BCUT2D eigenvalue weighted by molar-refractivity contribution is 0.646. The average Bonchev–Trinajstić information content (AvgIpc) is 2.31. The molecular weight excluding hydrogens is 217 g/mol. The Morgan fingerprint density at radius 2 is 2.17 bits per heavy atom. The minimum Gasteiger partial charge on any atom is -0.379 e. The first kappa shape index (κ1) is 14.9. The molecule has 0 aromatic heterocycles. The van der Waals surface area contributed by atoms with Gasteiger partial charge in [-0.3, -0.25) is 4.99 Å². The van der Waals surface area contributed by atoms with Gasteiger partial charge in [-0.05, 0) is 19.4 Å². The summed E-state index contributed by atoms with van der Waals surface area (Å²) in [6, 6.07) is 0.438. The third-order valence-corrected chi connectivity index (χ3v) is 2.43. The Labute approximate surface area is 89.6 Å². The van der Waals surface area contributed by atoms with Crippen molar-refractivity contribution in [2.24, 2.45) is 16.5 Å². The summed E-state index contributed by atoms with van der Waals surface area (Å²) in [5, 5.41) is 0.738. The van der Waals surface area contributed by atoms with Crippen molar-refractivity contribution >= 4 is 41.7 Å². The monoisotopic (exact) mass is 231 g/mol. The Kier molecular flexibility index (Phi) is 9.88. The van der Waals surface area contributed by atoms with Crippen LogP contribution in [-0.2, 0) is 0 Å². The molecule has 4 N–H and O–H groups in total. The molecule has 0 fully saturated rings. The number of hydrogen-bond acceptors (Lipinski definition) is 4. The maximum Gasteiger partial charge on any atom is 0.154 e. The maximum atomic E-state index is 5.48. The molecule has 0 saturated heterocycles. The summed E-state index contributed by atoms with van der Waals surface area (Å²) in [6.45, 7) is 0.761. The van der Waals surface area contributed by atoms with Crippen LogP contribution in [0.3, 0.4) is 0 Å². The molecule has 1 heterocycles.